The average molecular weight is 296 g/mol. The lowest BCUT2D eigenvalue weighted by molar-refractivity contribution is -0.149. The summed E-state index contributed by atoms with van der Waals surface area (Å²) >= 11 is 1.69. The summed E-state index contributed by atoms with van der Waals surface area (Å²) in [6, 6.07) is 4.28. The molecule has 1 amide bonds. The van der Waals surface area contributed by atoms with Gasteiger partial charge in [0.05, 0.1) is 12.0 Å². The molecule has 1 aromatic rings. The molecule has 2 N–H and O–H groups in total. The lowest BCUT2D eigenvalue weighted by Crippen LogP contribution is -2.52. The van der Waals surface area contributed by atoms with Gasteiger partial charge in [0.2, 0.25) is 5.91 Å². The van der Waals surface area contributed by atoms with Crippen LogP contribution in [0.1, 0.15) is 31.6 Å². The van der Waals surface area contributed by atoms with Crippen molar-refractivity contribution in [2.75, 3.05) is 19.8 Å². The summed E-state index contributed by atoms with van der Waals surface area (Å²) in [6.07, 6.45) is 1.46. The van der Waals surface area contributed by atoms with Crippen LogP contribution in [0.2, 0.25) is 0 Å². The van der Waals surface area contributed by atoms with Gasteiger partial charge in [0.15, 0.2) is 0 Å². The third-order valence-corrected chi connectivity index (χ3v) is 4.95. The maximum absolute atomic E-state index is 13.0. The number of amides is 1. The molecule has 0 bridgehead atoms. The molecule has 0 aromatic carbocycles. The number of hydrogen-bond donors (Lipinski definition) is 1. The standard InChI is InChI=1S/C15H24N2O2S/c1-12(2)17(10-13-4-3-9-20-13)14(18)15(11-16)5-7-19-8-6-15/h3-4,9,12H,5-8,10-11,16H2,1-2H3. The fraction of sp³-hybridized carbons (Fsp3) is 0.667. The molecule has 0 aliphatic carbocycles. The first kappa shape index (κ1) is 15.5. The van der Waals surface area contributed by atoms with Crippen molar-refractivity contribution in [1.82, 2.24) is 4.90 Å². The monoisotopic (exact) mass is 296 g/mol. The van der Waals surface area contributed by atoms with E-state index in [1.54, 1.807) is 11.3 Å². The highest BCUT2D eigenvalue weighted by atomic mass is 32.1. The van der Waals surface area contributed by atoms with Crippen LogP contribution in [0.4, 0.5) is 0 Å². The topological polar surface area (TPSA) is 55.6 Å². The Kier molecular flexibility index (Phi) is 5.18. The largest absolute Gasteiger partial charge is 0.381 e. The molecule has 0 radical (unpaired) electrons. The van der Waals surface area contributed by atoms with Gasteiger partial charge in [-0.3, -0.25) is 4.79 Å². The van der Waals surface area contributed by atoms with Crippen molar-refractivity contribution in [3.05, 3.63) is 22.4 Å². The Balaban J connectivity index is 2.17. The molecule has 0 unspecified atom stereocenters. The second-order valence-electron chi connectivity index (χ2n) is 5.70. The zero-order valence-corrected chi connectivity index (χ0v) is 13.1. The quantitative estimate of drug-likeness (QED) is 0.906. The Bertz CT molecular complexity index is 425. The predicted molar refractivity (Wildman–Crippen MR) is 81.5 cm³/mol. The van der Waals surface area contributed by atoms with E-state index >= 15 is 0 Å². The summed E-state index contributed by atoms with van der Waals surface area (Å²) in [4.78, 5) is 16.2. The van der Waals surface area contributed by atoms with E-state index in [1.165, 1.54) is 4.88 Å². The lowest BCUT2D eigenvalue weighted by Gasteiger charge is -2.40. The predicted octanol–water partition coefficient (Wildman–Crippen LogP) is 2.24. The number of thiophene rings is 1. The molecule has 0 spiro atoms. The maximum Gasteiger partial charge on any atom is 0.230 e. The molecule has 5 heteroatoms. The van der Waals surface area contributed by atoms with Gasteiger partial charge in [0.25, 0.3) is 0 Å². The van der Waals surface area contributed by atoms with Crippen molar-refractivity contribution in [1.29, 1.82) is 0 Å². The Labute approximate surface area is 124 Å². The van der Waals surface area contributed by atoms with Gasteiger partial charge >= 0.3 is 0 Å². The Morgan fingerprint density at radius 1 is 1.50 bits per heavy atom. The molecule has 2 heterocycles. The molecule has 2 rings (SSSR count). The molecule has 4 nitrogen and oxygen atoms in total. The molecule has 0 atom stereocenters. The minimum Gasteiger partial charge on any atom is -0.381 e. The number of hydrogen-bond acceptors (Lipinski definition) is 4. The van der Waals surface area contributed by atoms with Crippen LogP contribution in [0.15, 0.2) is 17.5 Å². The van der Waals surface area contributed by atoms with Gasteiger partial charge < -0.3 is 15.4 Å². The van der Waals surface area contributed by atoms with Gasteiger partial charge in [-0.2, -0.15) is 0 Å². The zero-order chi connectivity index (χ0) is 14.6. The van der Waals surface area contributed by atoms with E-state index in [9.17, 15) is 4.79 Å². The van der Waals surface area contributed by atoms with E-state index in [0.29, 0.717) is 26.3 Å². The van der Waals surface area contributed by atoms with Gasteiger partial charge in [-0.1, -0.05) is 6.07 Å². The molecule has 1 fully saturated rings. The second kappa shape index (κ2) is 6.70. The van der Waals surface area contributed by atoms with Crippen LogP contribution >= 0.6 is 11.3 Å². The SMILES string of the molecule is CC(C)N(Cc1cccs1)C(=O)C1(CN)CCOCC1. The van der Waals surface area contributed by atoms with Gasteiger partial charge in [0.1, 0.15) is 0 Å². The van der Waals surface area contributed by atoms with Crippen molar-refractivity contribution < 1.29 is 9.53 Å². The first-order chi connectivity index (χ1) is 9.59. The highest BCUT2D eigenvalue weighted by Crippen LogP contribution is 2.33. The average Bonchev–Trinajstić information content (AvgIpc) is 2.97. The third-order valence-electron chi connectivity index (χ3n) is 4.08. The minimum absolute atomic E-state index is 0.177. The second-order valence-corrected chi connectivity index (χ2v) is 6.74. The molecule has 1 aliphatic rings. The molecule has 0 saturated carbocycles. The van der Waals surface area contributed by atoms with Crippen LogP contribution < -0.4 is 5.73 Å². The third kappa shape index (κ3) is 3.22. The Morgan fingerprint density at radius 3 is 2.70 bits per heavy atom. The fourth-order valence-electron chi connectivity index (χ4n) is 2.63. The molecule has 1 aliphatic heterocycles. The van der Waals surface area contributed by atoms with Crippen LogP contribution in [-0.4, -0.2) is 36.6 Å². The first-order valence-electron chi connectivity index (χ1n) is 7.20. The minimum atomic E-state index is -0.431. The number of nitrogens with zero attached hydrogens (tertiary/aromatic N) is 1. The van der Waals surface area contributed by atoms with Crippen molar-refractivity contribution in [2.45, 2.75) is 39.3 Å². The Morgan fingerprint density at radius 2 is 2.20 bits per heavy atom. The number of carbonyl (C=O) groups is 1. The van der Waals surface area contributed by atoms with E-state index in [4.69, 9.17) is 10.5 Å². The smallest absolute Gasteiger partial charge is 0.230 e. The summed E-state index contributed by atoms with van der Waals surface area (Å²) in [7, 11) is 0. The van der Waals surface area contributed by atoms with E-state index in [2.05, 4.69) is 19.9 Å². The summed E-state index contributed by atoms with van der Waals surface area (Å²) < 4.78 is 5.40. The molecule has 20 heavy (non-hydrogen) atoms. The van der Waals surface area contributed by atoms with Crippen LogP contribution in [0, 0.1) is 5.41 Å². The van der Waals surface area contributed by atoms with Crippen LogP contribution in [0.25, 0.3) is 0 Å². The van der Waals surface area contributed by atoms with Crippen molar-refractivity contribution in [3.63, 3.8) is 0 Å². The van der Waals surface area contributed by atoms with E-state index in [-0.39, 0.29) is 11.9 Å². The van der Waals surface area contributed by atoms with Crippen LogP contribution in [0.3, 0.4) is 0 Å². The van der Waals surface area contributed by atoms with Gasteiger partial charge in [0, 0.05) is 30.7 Å². The molecular weight excluding hydrogens is 272 g/mol. The number of rotatable bonds is 5. The Hall–Kier alpha value is -0.910. The number of nitrogens with two attached hydrogens (primary N) is 1. The normalized spacial score (nSPS) is 18.2. The highest BCUT2D eigenvalue weighted by molar-refractivity contribution is 7.09. The number of ether oxygens (including phenoxy) is 1. The summed E-state index contributed by atoms with van der Waals surface area (Å²) in [5.74, 6) is 0.187. The number of carbonyl (C=O) groups excluding carboxylic acids is 1. The molecule has 112 valence electrons. The van der Waals surface area contributed by atoms with Crippen LogP contribution in [-0.2, 0) is 16.1 Å². The van der Waals surface area contributed by atoms with Crippen LogP contribution in [0.5, 0.6) is 0 Å². The van der Waals surface area contributed by atoms with Crippen molar-refractivity contribution >= 4 is 17.2 Å². The van der Waals surface area contributed by atoms with Crippen molar-refractivity contribution in [3.8, 4) is 0 Å². The summed E-state index contributed by atoms with van der Waals surface area (Å²) in [6.45, 7) is 6.48. The van der Waals surface area contributed by atoms with E-state index in [1.807, 2.05) is 16.3 Å². The zero-order valence-electron chi connectivity index (χ0n) is 12.3. The fourth-order valence-corrected chi connectivity index (χ4v) is 3.33. The van der Waals surface area contributed by atoms with Gasteiger partial charge in [-0.25, -0.2) is 0 Å². The summed E-state index contributed by atoms with van der Waals surface area (Å²) in [5, 5.41) is 2.05. The highest BCUT2D eigenvalue weighted by Gasteiger charge is 2.42. The maximum atomic E-state index is 13.0. The van der Waals surface area contributed by atoms with Gasteiger partial charge in [-0.05, 0) is 38.1 Å². The molecular formula is C15H24N2O2S. The summed E-state index contributed by atoms with van der Waals surface area (Å²) in [5.41, 5.74) is 5.52. The molecule has 1 aromatic heterocycles. The molecule has 1 saturated heterocycles. The van der Waals surface area contributed by atoms with Crippen molar-refractivity contribution in [2.24, 2.45) is 11.1 Å². The van der Waals surface area contributed by atoms with E-state index in [0.717, 1.165) is 12.8 Å². The van der Waals surface area contributed by atoms with E-state index < -0.39 is 5.41 Å². The lowest BCUT2D eigenvalue weighted by atomic mass is 9.78. The van der Waals surface area contributed by atoms with Gasteiger partial charge in [-0.15, -0.1) is 11.3 Å². The first-order valence-corrected chi connectivity index (χ1v) is 8.08.